The smallest absolute Gasteiger partial charge is 0.230 e. The molecule has 1 aromatic heterocycles. The lowest BCUT2D eigenvalue weighted by atomic mass is 10.2. The van der Waals surface area contributed by atoms with Crippen molar-refractivity contribution in [3.05, 3.63) is 6.20 Å². The third-order valence-electron chi connectivity index (χ3n) is 1.47. The van der Waals surface area contributed by atoms with Gasteiger partial charge in [0.15, 0.2) is 0 Å². The number of carbonyl (C=O) groups is 1. The molecular formula is C7H11N3O2S. The maximum Gasteiger partial charge on any atom is 0.230 e. The highest BCUT2D eigenvalue weighted by molar-refractivity contribution is 7.10. The maximum absolute atomic E-state index is 11.4. The quantitative estimate of drug-likeness (QED) is 0.781. The maximum atomic E-state index is 11.4. The van der Waals surface area contributed by atoms with Crippen LogP contribution in [0.3, 0.4) is 0 Å². The molecule has 13 heavy (non-hydrogen) atoms. The van der Waals surface area contributed by atoms with Crippen LogP contribution >= 0.6 is 11.5 Å². The average molecular weight is 201 g/mol. The number of hydrogen-bond acceptors (Lipinski definition) is 5. The first-order valence-electron chi connectivity index (χ1n) is 3.81. The van der Waals surface area contributed by atoms with Crippen molar-refractivity contribution in [3.8, 4) is 0 Å². The van der Waals surface area contributed by atoms with Gasteiger partial charge >= 0.3 is 0 Å². The highest BCUT2D eigenvalue weighted by Gasteiger charge is 2.12. The molecule has 0 saturated carbocycles. The number of amides is 1. The van der Waals surface area contributed by atoms with Crippen molar-refractivity contribution in [2.75, 3.05) is 19.0 Å². The third-order valence-corrected chi connectivity index (χ3v) is 2.05. The SMILES string of the molecule is COCC(C)C(=O)Nc1cnns1. The highest BCUT2D eigenvalue weighted by Crippen LogP contribution is 2.10. The van der Waals surface area contributed by atoms with Gasteiger partial charge in [-0.2, -0.15) is 0 Å². The van der Waals surface area contributed by atoms with E-state index in [1.165, 1.54) is 6.20 Å². The fourth-order valence-electron chi connectivity index (χ4n) is 0.793. The molecule has 0 aliphatic rings. The Kier molecular flexibility index (Phi) is 3.78. The molecule has 0 bridgehead atoms. The average Bonchev–Trinajstić information content (AvgIpc) is 2.57. The number of nitrogens with zero attached hydrogens (tertiary/aromatic N) is 2. The fourth-order valence-corrected chi connectivity index (χ4v) is 1.22. The van der Waals surface area contributed by atoms with Gasteiger partial charge in [-0.05, 0) is 0 Å². The molecule has 1 atom stereocenters. The Morgan fingerprint density at radius 2 is 2.62 bits per heavy atom. The zero-order chi connectivity index (χ0) is 9.68. The molecular weight excluding hydrogens is 190 g/mol. The summed E-state index contributed by atoms with van der Waals surface area (Å²) in [6.07, 6.45) is 1.52. The predicted octanol–water partition coefficient (Wildman–Crippen LogP) is 0.759. The minimum atomic E-state index is -0.160. The number of ether oxygens (including phenoxy) is 1. The van der Waals surface area contributed by atoms with Crippen LogP contribution in [0.2, 0.25) is 0 Å². The summed E-state index contributed by atoms with van der Waals surface area (Å²) in [7, 11) is 1.57. The second-order valence-electron chi connectivity index (χ2n) is 2.63. The van der Waals surface area contributed by atoms with E-state index < -0.39 is 0 Å². The van der Waals surface area contributed by atoms with E-state index in [1.807, 2.05) is 0 Å². The Bertz CT molecular complexity index is 263. The predicted molar refractivity (Wildman–Crippen MR) is 49.6 cm³/mol. The van der Waals surface area contributed by atoms with Gasteiger partial charge in [-0.15, -0.1) is 5.10 Å². The van der Waals surface area contributed by atoms with Crippen LogP contribution in [0.25, 0.3) is 0 Å². The van der Waals surface area contributed by atoms with Crippen molar-refractivity contribution >= 4 is 22.4 Å². The molecule has 0 aliphatic carbocycles. The van der Waals surface area contributed by atoms with Crippen LogP contribution in [0.5, 0.6) is 0 Å². The van der Waals surface area contributed by atoms with Gasteiger partial charge in [0, 0.05) is 18.6 Å². The number of anilines is 1. The number of nitrogens with one attached hydrogen (secondary N) is 1. The fraction of sp³-hybridized carbons (Fsp3) is 0.571. The van der Waals surface area contributed by atoms with Crippen molar-refractivity contribution in [3.63, 3.8) is 0 Å². The van der Waals surface area contributed by atoms with Crippen molar-refractivity contribution in [1.82, 2.24) is 9.59 Å². The van der Waals surface area contributed by atoms with Crippen LogP contribution < -0.4 is 5.32 Å². The lowest BCUT2D eigenvalue weighted by Gasteiger charge is -2.08. The van der Waals surface area contributed by atoms with Crippen LogP contribution in [0.1, 0.15) is 6.92 Å². The van der Waals surface area contributed by atoms with Crippen molar-refractivity contribution in [2.45, 2.75) is 6.92 Å². The second-order valence-corrected chi connectivity index (χ2v) is 3.41. The Balaban J connectivity index is 2.41. The van der Waals surface area contributed by atoms with Gasteiger partial charge in [-0.1, -0.05) is 11.4 Å². The van der Waals surface area contributed by atoms with E-state index in [-0.39, 0.29) is 11.8 Å². The van der Waals surface area contributed by atoms with Gasteiger partial charge in [0.2, 0.25) is 5.91 Å². The molecule has 0 aromatic carbocycles. The topological polar surface area (TPSA) is 64.1 Å². The minimum Gasteiger partial charge on any atom is -0.384 e. The first-order valence-corrected chi connectivity index (χ1v) is 4.58. The van der Waals surface area contributed by atoms with E-state index in [9.17, 15) is 4.79 Å². The molecule has 72 valence electrons. The molecule has 1 N–H and O–H groups in total. The molecule has 1 unspecified atom stereocenters. The van der Waals surface area contributed by atoms with Gasteiger partial charge in [-0.3, -0.25) is 4.79 Å². The van der Waals surface area contributed by atoms with Crippen LogP contribution in [-0.2, 0) is 9.53 Å². The molecule has 1 heterocycles. The molecule has 0 aliphatic heterocycles. The number of methoxy groups -OCH3 is 1. The molecule has 0 spiro atoms. The monoisotopic (exact) mass is 201 g/mol. The summed E-state index contributed by atoms with van der Waals surface area (Å²) in [5.74, 6) is -0.236. The van der Waals surface area contributed by atoms with Gasteiger partial charge in [0.1, 0.15) is 5.00 Å². The summed E-state index contributed by atoms with van der Waals surface area (Å²) in [4.78, 5) is 11.4. The van der Waals surface area contributed by atoms with Gasteiger partial charge in [-0.25, -0.2) is 0 Å². The summed E-state index contributed by atoms with van der Waals surface area (Å²) in [6.45, 7) is 2.21. The minimum absolute atomic E-state index is 0.0760. The zero-order valence-corrected chi connectivity index (χ0v) is 8.30. The lowest BCUT2D eigenvalue weighted by molar-refractivity contribution is -0.120. The molecule has 6 heteroatoms. The standard InChI is InChI=1S/C7H11N3O2S/c1-5(4-12-2)7(11)9-6-3-8-10-13-6/h3,5H,4H2,1-2H3,(H,9,11). The Hall–Kier alpha value is -1.01. The van der Waals surface area contributed by atoms with E-state index in [0.717, 1.165) is 11.5 Å². The Morgan fingerprint density at radius 1 is 1.85 bits per heavy atom. The van der Waals surface area contributed by atoms with Crippen LogP contribution in [0.4, 0.5) is 5.00 Å². The van der Waals surface area contributed by atoms with E-state index in [4.69, 9.17) is 4.74 Å². The number of hydrogen-bond donors (Lipinski definition) is 1. The summed E-state index contributed by atoms with van der Waals surface area (Å²) in [5.41, 5.74) is 0. The van der Waals surface area contributed by atoms with Crippen molar-refractivity contribution in [1.29, 1.82) is 0 Å². The molecule has 1 amide bonds. The van der Waals surface area contributed by atoms with E-state index >= 15 is 0 Å². The molecule has 1 rings (SSSR count). The van der Waals surface area contributed by atoms with Crippen molar-refractivity contribution < 1.29 is 9.53 Å². The second kappa shape index (κ2) is 4.88. The van der Waals surface area contributed by atoms with Gasteiger partial charge in [0.25, 0.3) is 0 Å². The Morgan fingerprint density at radius 3 is 3.15 bits per heavy atom. The van der Waals surface area contributed by atoms with Crippen LogP contribution in [0.15, 0.2) is 6.20 Å². The first-order chi connectivity index (χ1) is 6.24. The largest absolute Gasteiger partial charge is 0.384 e. The Labute approximate surface area is 80.3 Å². The molecule has 5 nitrogen and oxygen atoms in total. The lowest BCUT2D eigenvalue weighted by Crippen LogP contribution is -2.23. The van der Waals surface area contributed by atoms with E-state index in [1.54, 1.807) is 14.0 Å². The summed E-state index contributed by atoms with van der Waals surface area (Å²) in [6, 6.07) is 0. The molecule has 1 aromatic rings. The van der Waals surface area contributed by atoms with E-state index in [2.05, 4.69) is 14.9 Å². The summed E-state index contributed by atoms with van der Waals surface area (Å²) >= 11 is 1.15. The summed E-state index contributed by atoms with van der Waals surface area (Å²) < 4.78 is 8.48. The highest BCUT2D eigenvalue weighted by atomic mass is 32.1. The molecule has 0 saturated heterocycles. The van der Waals surface area contributed by atoms with Gasteiger partial charge < -0.3 is 10.1 Å². The summed E-state index contributed by atoms with van der Waals surface area (Å²) in [5, 5.41) is 6.94. The number of carbonyl (C=O) groups excluding carboxylic acids is 1. The van der Waals surface area contributed by atoms with Gasteiger partial charge in [0.05, 0.1) is 18.7 Å². The van der Waals surface area contributed by atoms with Crippen LogP contribution in [0, 0.1) is 5.92 Å². The zero-order valence-electron chi connectivity index (χ0n) is 7.48. The number of rotatable bonds is 4. The van der Waals surface area contributed by atoms with Crippen molar-refractivity contribution in [2.24, 2.45) is 5.92 Å². The molecule has 0 fully saturated rings. The normalized spacial score (nSPS) is 12.5. The van der Waals surface area contributed by atoms with Crippen LogP contribution in [-0.4, -0.2) is 29.2 Å². The van der Waals surface area contributed by atoms with E-state index in [0.29, 0.717) is 11.6 Å². The first kappa shape index (κ1) is 10.1. The number of aromatic nitrogens is 2. The molecule has 0 radical (unpaired) electrons. The third kappa shape index (κ3) is 3.08.